The maximum atomic E-state index is 12.8. The number of carbonyl (C=O) groups excluding carboxylic acids is 1. The summed E-state index contributed by atoms with van der Waals surface area (Å²) in [7, 11) is 0. The highest BCUT2D eigenvalue weighted by Gasteiger charge is 2.35. The van der Waals surface area contributed by atoms with E-state index in [4.69, 9.17) is 4.52 Å². The minimum atomic E-state index is -0.113. The third kappa shape index (κ3) is 2.85. The molecule has 6 nitrogen and oxygen atoms in total. The second kappa shape index (κ2) is 5.76. The van der Waals surface area contributed by atoms with Gasteiger partial charge in [0.25, 0.3) is 5.91 Å². The van der Waals surface area contributed by atoms with Gasteiger partial charge in [0.2, 0.25) is 5.89 Å². The van der Waals surface area contributed by atoms with Crippen molar-refractivity contribution in [2.24, 2.45) is 0 Å². The number of piperidine rings is 1. The van der Waals surface area contributed by atoms with Crippen LogP contribution >= 0.6 is 0 Å². The highest BCUT2D eigenvalue weighted by Crippen LogP contribution is 2.39. The summed E-state index contributed by atoms with van der Waals surface area (Å²) in [5.41, 5.74) is 1.52. The molecule has 1 saturated carbocycles. The predicted molar refractivity (Wildman–Crippen MR) is 82.9 cm³/mol. The summed E-state index contributed by atoms with van der Waals surface area (Å²) in [6.07, 6.45) is 6.87. The minimum absolute atomic E-state index is 0.00614. The van der Waals surface area contributed by atoms with Crippen molar-refractivity contribution >= 4 is 5.91 Å². The average molecular weight is 312 g/mol. The first-order chi connectivity index (χ1) is 11.2. The molecule has 1 aliphatic heterocycles. The summed E-state index contributed by atoms with van der Waals surface area (Å²) in [4.78, 5) is 23.5. The molecule has 2 aromatic rings. The molecule has 0 N–H and O–H groups in total. The number of rotatable bonds is 3. The number of amides is 1. The lowest BCUT2D eigenvalue weighted by Crippen LogP contribution is -2.38. The third-order valence-electron chi connectivity index (χ3n) is 4.61. The molecule has 4 rings (SSSR count). The Hall–Kier alpha value is -2.24. The van der Waals surface area contributed by atoms with Gasteiger partial charge in [-0.15, -0.1) is 0 Å². The largest absolute Gasteiger partial charge is 0.337 e. The van der Waals surface area contributed by atoms with E-state index in [2.05, 4.69) is 15.1 Å². The number of pyridine rings is 1. The number of aromatic nitrogens is 3. The highest BCUT2D eigenvalue weighted by molar-refractivity contribution is 5.94. The lowest BCUT2D eigenvalue weighted by atomic mass is 10.0. The molecule has 1 amide bonds. The molecular formula is C17H20N4O2. The number of hydrogen-bond donors (Lipinski definition) is 0. The first-order valence-corrected chi connectivity index (χ1v) is 8.29. The lowest BCUT2D eigenvalue weighted by Gasteiger charge is -2.33. The van der Waals surface area contributed by atoms with Crippen molar-refractivity contribution in [2.45, 2.75) is 51.0 Å². The van der Waals surface area contributed by atoms with Gasteiger partial charge in [0.1, 0.15) is 6.04 Å². The summed E-state index contributed by atoms with van der Waals surface area (Å²) in [5.74, 6) is 1.84. The molecule has 1 aliphatic carbocycles. The van der Waals surface area contributed by atoms with Crippen LogP contribution in [0.4, 0.5) is 0 Å². The Kier molecular flexibility index (Phi) is 3.59. The fourth-order valence-corrected chi connectivity index (χ4v) is 3.08. The van der Waals surface area contributed by atoms with Gasteiger partial charge in [0.05, 0.1) is 5.56 Å². The normalized spacial score (nSPS) is 21.4. The van der Waals surface area contributed by atoms with Crippen LogP contribution in [0.2, 0.25) is 0 Å². The van der Waals surface area contributed by atoms with Crippen molar-refractivity contribution in [1.82, 2.24) is 20.0 Å². The van der Waals surface area contributed by atoms with E-state index in [9.17, 15) is 4.79 Å². The average Bonchev–Trinajstić information content (AvgIpc) is 3.32. The monoisotopic (exact) mass is 312 g/mol. The van der Waals surface area contributed by atoms with Gasteiger partial charge in [0, 0.05) is 24.4 Å². The second-order valence-corrected chi connectivity index (χ2v) is 6.46. The molecule has 1 saturated heterocycles. The van der Waals surface area contributed by atoms with Gasteiger partial charge in [-0.3, -0.25) is 9.78 Å². The molecule has 2 aromatic heterocycles. The van der Waals surface area contributed by atoms with Crippen LogP contribution in [0, 0.1) is 6.92 Å². The van der Waals surface area contributed by atoms with Gasteiger partial charge in [-0.25, -0.2) is 0 Å². The maximum Gasteiger partial charge on any atom is 0.256 e. The Balaban J connectivity index is 1.58. The second-order valence-electron chi connectivity index (χ2n) is 6.46. The zero-order valence-corrected chi connectivity index (χ0v) is 13.2. The first kappa shape index (κ1) is 14.4. The van der Waals surface area contributed by atoms with Gasteiger partial charge >= 0.3 is 0 Å². The zero-order chi connectivity index (χ0) is 15.8. The summed E-state index contributed by atoms with van der Waals surface area (Å²) >= 11 is 0. The van der Waals surface area contributed by atoms with Crippen molar-refractivity contribution in [1.29, 1.82) is 0 Å². The topological polar surface area (TPSA) is 72.1 Å². The molecule has 0 bridgehead atoms. The number of carbonyl (C=O) groups is 1. The molecule has 0 aromatic carbocycles. The van der Waals surface area contributed by atoms with Crippen LogP contribution < -0.4 is 0 Å². The number of likely N-dealkylation sites (tertiary alicyclic amines) is 1. The Morgan fingerprint density at radius 3 is 2.87 bits per heavy atom. The Morgan fingerprint density at radius 1 is 1.26 bits per heavy atom. The van der Waals surface area contributed by atoms with Crippen LogP contribution in [0.1, 0.15) is 71.8 Å². The number of hydrogen-bond acceptors (Lipinski definition) is 5. The third-order valence-corrected chi connectivity index (χ3v) is 4.61. The number of aryl methyl sites for hydroxylation is 1. The molecule has 3 heterocycles. The molecule has 0 radical (unpaired) electrons. The Bertz CT molecular complexity index is 706. The van der Waals surface area contributed by atoms with Gasteiger partial charge in [-0.1, -0.05) is 5.16 Å². The molecule has 6 heteroatoms. The van der Waals surface area contributed by atoms with E-state index in [1.54, 1.807) is 6.20 Å². The molecule has 2 aliphatic rings. The lowest BCUT2D eigenvalue weighted by molar-refractivity contribution is 0.0561. The molecular weight excluding hydrogens is 292 g/mol. The summed E-state index contributed by atoms with van der Waals surface area (Å²) in [6, 6.07) is 3.58. The highest BCUT2D eigenvalue weighted by atomic mass is 16.5. The quantitative estimate of drug-likeness (QED) is 0.871. The summed E-state index contributed by atoms with van der Waals surface area (Å²) in [5, 5.41) is 4.10. The van der Waals surface area contributed by atoms with Crippen molar-refractivity contribution in [2.75, 3.05) is 6.54 Å². The van der Waals surface area contributed by atoms with Crippen LogP contribution in [-0.4, -0.2) is 32.5 Å². The van der Waals surface area contributed by atoms with E-state index in [0.717, 1.165) is 50.2 Å². The molecule has 23 heavy (non-hydrogen) atoms. The minimum Gasteiger partial charge on any atom is -0.337 e. The van der Waals surface area contributed by atoms with Crippen molar-refractivity contribution < 1.29 is 9.32 Å². The zero-order valence-electron chi connectivity index (χ0n) is 13.2. The van der Waals surface area contributed by atoms with Gasteiger partial charge < -0.3 is 9.42 Å². The standard InChI is InChI=1S/C17H20N4O2/c1-11-5-6-13(10-18-11)17(22)21-9-3-2-4-14(21)16-19-15(20-23-16)12-7-8-12/h5-6,10,12,14H,2-4,7-9H2,1H3/t14-/m0/s1. The SMILES string of the molecule is Cc1ccc(C(=O)N2CCCC[C@H]2c2nc(C3CC3)no2)cn1. The van der Waals surface area contributed by atoms with Crippen LogP contribution in [0.3, 0.4) is 0 Å². The Labute approximate surface area is 134 Å². The van der Waals surface area contributed by atoms with E-state index in [1.807, 2.05) is 24.0 Å². The van der Waals surface area contributed by atoms with Crippen LogP contribution in [-0.2, 0) is 0 Å². The Morgan fingerprint density at radius 2 is 2.13 bits per heavy atom. The van der Waals surface area contributed by atoms with E-state index in [-0.39, 0.29) is 11.9 Å². The fraction of sp³-hybridized carbons (Fsp3) is 0.529. The first-order valence-electron chi connectivity index (χ1n) is 8.29. The van der Waals surface area contributed by atoms with E-state index < -0.39 is 0 Å². The maximum absolute atomic E-state index is 12.8. The van der Waals surface area contributed by atoms with Crippen LogP contribution in [0.15, 0.2) is 22.9 Å². The summed E-state index contributed by atoms with van der Waals surface area (Å²) in [6.45, 7) is 2.63. The van der Waals surface area contributed by atoms with Gasteiger partial charge in [-0.05, 0) is 51.2 Å². The molecule has 2 fully saturated rings. The van der Waals surface area contributed by atoms with Crippen molar-refractivity contribution in [3.8, 4) is 0 Å². The fourth-order valence-electron chi connectivity index (χ4n) is 3.08. The predicted octanol–water partition coefficient (Wildman–Crippen LogP) is 3.02. The molecule has 0 spiro atoms. The molecule has 1 atom stereocenters. The number of nitrogens with zero attached hydrogens (tertiary/aromatic N) is 4. The van der Waals surface area contributed by atoms with Gasteiger partial charge in [0.15, 0.2) is 5.82 Å². The van der Waals surface area contributed by atoms with Crippen molar-refractivity contribution in [3.63, 3.8) is 0 Å². The smallest absolute Gasteiger partial charge is 0.256 e. The summed E-state index contributed by atoms with van der Waals surface area (Å²) < 4.78 is 5.47. The van der Waals surface area contributed by atoms with Crippen molar-refractivity contribution in [3.05, 3.63) is 41.3 Å². The molecule has 0 unspecified atom stereocenters. The van der Waals surface area contributed by atoms with Crippen LogP contribution in [0.5, 0.6) is 0 Å². The molecule has 120 valence electrons. The van der Waals surface area contributed by atoms with E-state index >= 15 is 0 Å². The van der Waals surface area contributed by atoms with E-state index in [1.165, 1.54) is 0 Å². The van der Waals surface area contributed by atoms with Crippen LogP contribution in [0.25, 0.3) is 0 Å². The van der Waals surface area contributed by atoms with E-state index in [0.29, 0.717) is 17.4 Å². The van der Waals surface area contributed by atoms with Gasteiger partial charge in [-0.2, -0.15) is 4.98 Å².